The second-order valence-corrected chi connectivity index (χ2v) is 8.61. The number of hydrogen-bond acceptors (Lipinski definition) is 6. The SMILES string of the molecule is Cc1csc(NC(=O)C2CCCN(S(=O)(=O)c3cn(C)cn3)C2)n1. The van der Waals surface area contributed by atoms with Gasteiger partial charge in [-0.25, -0.2) is 18.4 Å². The van der Waals surface area contributed by atoms with Crippen molar-refractivity contribution in [3.05, 3.63) is 23.6 Å². The monoisotopic (exact) mass is 369 g/mol. The van der Waals surface area contributed by atoms with Gasteiger partial charge in [-0.2, -0.15) is 4.31 Å². The summed E-state index contributed by atoms with van der Waals surface area (Å²) in [6.45, 7) is 2.42. The average molecular weight is 369 g/mol. The maximum absolute atomic E-state index is 12.6. The molecule has 1 saturated heterocycles. The number of aromatic nitrogens is 3. The molecule has 0 aromatic carbocycles. The molecule has 0 saturated carbocycles. The summed E-state index contributed by atoms with van der Waals surface area (Å²) in [5.74, 6) is -0.577. The molecule has 1 fully saturated rings. The molecule has 1 atom stereocenters. The Labute approximate surface area is 144 Å². The zero-order valence-corrected chi connectivity index (χ0v) is 15.1. The maximum Gasteiger partial charge on any atom is 0.262 e. The number of nitrogens with one attached hydrogen (secondary N) is 1. The Kier molecular flexibility index (Phi) is 4.70. The number of hydrogen-bond donors (Lipinski definition) is 1. The number of anilines is 1. The molecule has 1 unspecified atom stereocenters. The van der Waals surface area contributed by atoms with Crippen molar-refractivity contribution in [1.29, 1.82) is 0 Å². The zero-order valence-electron chi connectivity index (χ0n) is 13.5. The van der Waals surface area contributed by atoms with E-state index in [1.165, 1.54) is 28.2 Å². The third-order valence-electron chi connectivity index (χ3n) is 3.89. The van der Waals surface area contributed by atoms with Gasteiger partial charge in [-0.1, -0.05) is 0 Å². The zero-order chi connectivity index (χ0) is 17.3. The molecule has 0 aliphatic carbocycles. The largest absolute Gasteiger partial charge is 0.339 e. The van der Waals surface area contributed by atoms with Crippen molar-refractivity contribution in [3.63, 3.8) is 0 Å². The lowest BCUT2D eigenvalue weighted by atomic mass is 9.99. The predicted molar refractivity (Wildman–Crippen MR) is 90.2 cm³/mol. The molecule has 1 aliphatic heterocycles. The van der Waals surface area contributed by atoms with Crippen LogP contribution in [0.5, 0.6) is 0 Å². The summed E-state index contributed by atoms with van der Waals surface area (Å²) >= 11 is 1.36. The first kappa shape index (κ1) is 17.1. The molecule has 1 amide bonds. The summed E-state index contributed by atoms with van der Waals surface area (Å²) in [4.78, 5) is 20.5. The van der Waals surface area contributed by atoms with E-state index in [1.54, 1.807) is 11.6 Å². The summed E-state index contributed by atoms with van der Waals surface area (Å²) < 4.78 is 28.2. The number of piperidine rings is 1. The molecule has 1 aliphatic rings. The third kappa shape index (κ3) is 3.50. The van der Waals surface area contributed by atoms with Crippen molar-refractivity contribution in [2.45, 2.75) is 24.8 Å². The van der Waals surface area contributed by atoms with E-state index in [-0.39, 0.29) is 23.4 Å². The van der Waals surface area contributed by atoms with Crippen LogP contribution in [0.1, 0.15) is 18.5 Å². The minimum absolute atomic E-state index is 0.0154. The van der Waals surface area contributed by atoms with Crippen molar-refractivity contribution < 1.29 is 13.2 Å². The highest BCUT2D eigenvalue weighted by Crippen LogP contribution is 2.24. The molecule has 2 aromatic rings. The predicted octanol–water partition coefficient (Wildman–Crippen LogP) is 1.22. The van der Waals surface area contributed by atoms with Crippen molar-refractivity contribution in [1.82, 2.24) is 18.8 Å². The van der Waals surface area contributed by atoms with Crippen LogP contribution in [0.4, 0.5) is 5.13 Å². The molecule has 24 heavy (non-hydrogen) atoms. The summed E-state index contributed by atoms with van der Waals surface area (Å²) in [5.41, 5.74) is 0.846. The van der Waals surface area contributed by atoms with Crippen LogP contribution in [-0.4, -0.2) is 46.3 Å². The van der Waals surface area contributed by atoms with E-state index < -0.39 is 10.0 Å². The standard InChI is InChI=1S/C14H19N5O3S2/c1-10-8-23-14(16-10)17-13(20)11-4-3-5-19(6-11)24(21,22)12-7-18(2)9-15-12/h7-9,11H,3-6H2,1-2H3,(H,16,17,20). The Balaban J connectivity index is 1.71. The van der Waals surface area contributed by atoms with Gasteiger partial charge >= 0.3 is 0 Å². The van der Waals surface area contributed by atoms with E-state index in [0.29, 0.717) is 24.5 Å². The van der Waals surface area contributed by atoms with Gasteiger partial charge in [0.25, 0.3) is 10.0 Å². The normalized spacial score (nSPS) is 19.3. The van der Waals surface area contributed by atoms with Crippen LogP contribution in [0.3, 0.4) is 0 Å². The van der Waals surface area contributed by atoms with Crippen LogP contribution < -0.4 is 5.32 Å². The lowest BCUT2D eigenvalue weighted by Crippen LogP contribution is -2.43. The lowest BCUT2D eigenvalue weighted by molar-refractivity contribution is -0.120. The van der Waals surface area contributed by atoms with Gasteiger partial charge in [0.15, 0.2) is 10.2 Å². The quantitative estimate of drug-likeness (QED) is 0.874. The highest BCUT2D eigenvalue weighted by molar-refractivity contribution is 7.89. The van der Waals surface area contributed by atoms with E-state index in [1.807, 2.05) is 12.3 Å². The van der Waals surface area contributed by atoms with Crippen LogP contribution in [0.15, 0.2) is 22.9 Å². The number of carbonyl (C=O) groups is 1. The molecule has 130 valence electrons. The van der Waals surface area contributed by atoms with Gasteiger partial charge in [0, 0.05) is 31.7 Å². The van der Waals surface area contributed by atoms with Crippen LogP contribution in [0.25, 0.3) is 0 Å². The Hall–Kier alpha value is -1.78. The molecular formula is C14H19N5O3S2. The van der Waals surface area contributed by atoms with E-state index >= 15 is 0 Å². The van der Waals surface area contributed by atoms with Crippen LogP contribution in [0.2, 0.25) is 0 Å². The first-order chi connectivity index (χ1) is 11.4. The van der Waals surface area contributed by atoms with Crippen molar-refractivity contribution in [2.24, 2.45) is 13.0 Å². The van der Waals surface area contributed by atoms with Crippen molar-refractivity contribution in [2.75, 3.05) is 18.4 Å². The highest BCUT2D eigenvalue weighted by atomic mass is 32.2. The molecule has 3 rings (SSSR count). The maximum atomic E-state index is 12.6. The van der Waals surface area contributed by atoms with Crippen molar-refractivity contribution in [3.8, 4) is 0 Å². The van der Waals surface area contributed by atoms with Gasteiger partial charge in [0.2, 0.25) is 5.91 Å². The Morgan fingerprint density at radius 3 is 2.88 bits per heavy atom. The fourth-order valence-corrected chi connectivity index (χ4v) is 4.83. The van der Waals surface area contributed by atoms with E-state index in [2.05, 4.69) is 15.3 Å². The number of sulfonamides is 1. The molecule has 3 heterocycles. The molecule has 1 N–H and O–H groups in total. The number of thiazole rings is 1. The van der Waals surface area contributed by atoms with E-state index in [9.17, 15) is 13.2 Å². The van der Waals surface area contributed by atoms with Crippen LogP contribution in [-0.2, 0) is 21.9 Å². The summed E-state index contributed by atoms with van der Waals surface area (Å²) in [6.07, 6.45) is 4.22. The van der Waals surface area contributed by atoms with Gasteiger partial charge in [0.05, 0.1) is 17.9 Å². The molecular weight excluding hydrogens is 350 g/mol. The Bertz CT molecular complexity index is 842. The topological polar surface area (TPSA) is 97.2 Å². The molecule has 8 nitrogen and oxygen atoms in total. The number of aryl methyl sites for hydroxylation is 2. The fraction of sp³-hybridized carbons (Fsp3) is 0.500. The van der Waals surface area contributed by atoms with E-state index in [0.717, 1.165) is 5.69 Å². The number of nitrogens with zero attached hydrogens (tertiary/aromatic N) is 4. The van der Waals surface area contributed by atoms with Gasteiger partial charge < -0.3 is 9.88 Å². The second-order valence-electron chi connectivity index (χ2n) is 5.86. The molecule has 10 heteroatoms. The highest BCUT2D eigenvalue weighted by Gasteiger charge is 2.34. The minimum Gasteiger partial charge on any atom is -0.339 e. The summed E-state index contributed by atoms with van der Waals surface area (Å²) in [7, 11) is -1.95. The Morgan fingerprint density at radius 1 is 1.46 bits per heavy atom. The van der Waals surface area contributed by atoms with Crippen LogP contribution in [0, 0.1) is 12.8 Å². The fourth-order valence-electron chi connectivity index (χ4n) is 2.65. The first-order valence-corrected chi connectivity index (χ1v) is 9.89. The third-order valence-corrected chi connectivity index (χ3v) is 6.52. The minimum atomic E-state index is -3.67. The number of carbonyl (C=O) groups excluding carboxylic acids is 1. The van der Waals surface area contributed by atoms with Crippen molar-refractivity contribution >= 4 is 32.4 Å². The number of imidazole rings is 1. The summed E-state index contributed by atoms with van der Waals surface area (Å²) in [6, 6.07) is 0. The molecule has 0 spiro atoms. The Morgan fingerprint density at radius 2 is 2.25 bits per heavy atom. The van der Waals surface area contributed by atoms with Gasteiger partial charge in [-0.15, -0.1) is 11.3 Å². The smallest absolute Gasteiger partial charge is 0.262 e. The van der Waals surface area contributed by atoms with Gasteiger partial charge in [-0.3, -0.25) is 4.79 Å². The summed E-state index contributed by atoms with van der Waals surface area (Å²) in [5, 5.41) is 5.19. The molecule has 0 bridgehead atoms. The van der Waals surface area contributed by atoms with Gasteiger partial charge in [-0.05, 0) is 19.8 Å². The average Bonchev–Trinajstić information content (AvgIpc) is 3.16. The van der Waals surface area contributed by atoms with Gasteiger partial charge in [0.1, 0.15) is 0 Å². The lowest BCUT2D eigenvalue weighted by Gasteiger charge is -2.30. The molecule has 2 aromatic heterocycles. The molecule has 0 radical (unpaired) electrons. The van der Waals surface area contributed by atoms with Crippen LogP contribution >= 0.6 is 11.3 Å². The second kappa shape index (κ2) is 6.61. The number of amides is 1. The number of rotatable bonds is 4. The van der Waals surface area contributed by atoms with E-state index in [4.69, 9.17) is 0 Å². The first-order valence-electron chi connectivity index (χ1n) is 7.57.